The van der Waals surface area contributed by atoms with Gasteiger partial charge in [-0.05, 0) is 20.3 Å². The van der Waals surface area contributed by atoms with Gasteiger partial charge in [0.05, 0.1) is 12.2 Å². The zero-order valence-electron chi connectivity index (χ0n) is 13.6. The van der Waals surface area contributed by atoms with E-state index in [1.165, 1.54) is 0 Å². The van der Waals surface area contributed by atoms with Crippen LogP contribution < -0.4 is 5.32 Å². The molecule has 0 aromatic carbocycles. The fraction of sp³-hybridized carbons (Fsp3) is 1.00. The van der Waals surface area contributed by atoms with Crippen molar-refractivity contribution < 1.29 is 13.2 Å². The van der Waals surface area contributed by atoms with E-state index in [4.69, 9.17) is 4.74 Å². The molecule has 0 aliphatic carbocycles. The lowest BCUT2D eigenvalue weighted by molar-refractivity contribution is -0.0651. The summed E-state index contributed by atoms with van der Waals surface area (Å²) >= 11 is 0. The highest BCUT2D eigenvalue weighted by Crippen LogP contribution is 2.25. The fourth-order valence-electron chi connectivity index (χ4n) is 3.60. The standard InChI is InChI=1S/C14H28N4O3S/c1-14(2)12-18(9-10-21-14)22(19,20)17-6-3-13(11-17)16-7-4-15-5-8-16/h13,15H,3-12H2,1-2H3. The molecule has 1 N–H and O–H groups in total. The van der Waals surface area contributed by atoms with E-state index < -0.39 is 15.8 Å². The summed E-state index contributed by atoms with van der Waals surface area (Å²) in [6.45, 7) is 10.6. The number of piperazine rings is 1. The highest BCUT2D eigenvalue weighted by atomic mass is 32.2. The lowest BCUT2D eigenvalue weighted by Gasteiger charge is -2.39. The van der Waals surface area contributed by atoms with Gasteiger partial charge in [-0.25, -0.2) is 0 Å². The number of rotatable bonds is 3. The van der Waals surface area contributed by atoms with Gasteiger partial charge < -0.3 is 10.1 Å². The zero-order chi connectivity index (χ0) is 15.8. The van der Waals surface area contributed by atoms with Crippen molar-refractivity contribution in [3.8, 4) is 0 Å². The number of morpholine rings is 1. The minimum Gasteiger partial charge on any atom is -0.373 e. The molecule has 0 bridgehead atoms. The summed E-state index contributed by atoms with van der Waals surface area (Å²) in [6, 6.07) is 0.367. The van der Waals surface area contributed by atoms with Gasteiger partial charge in [-0.3, -0.25) is 4.90 Å². The second kappa shape index (κ2) is 6.33. The van der Waals surface area contributed by atoms with E-state index in [2.05, 4.69) is 10.2 Å². The Morgan fingerprint density at radius 3 is 2.50 bits per heavy atom. The monoisotopic (exact) mass is 332 g/mol. The first-order valence-electron chi connectivity index (χ1n) is 8.22. The van der Waals surface area contributed by atoms with Crippen LogP contribution in [-0.4, -0.2) is 92.5 Å². The molecule has 3 fully saturated rings. The minimum absolute atomic E-state index is 0.367. The molecule has 0 saturated carbocycles. The maximum Gasteiger partial charge on any atom is 0.282 e. The van der Waals surface area contributed by atoms with Crippen molar-refractivity contribution in [1.29, 1.82) is 0 Å². The Hall–Kier alpha value is -0.250. The number of nitrogens with one attached hydrogen (secondary N) is 1. The first-order valence-corrected chi connectivity index (χ1v) is 9.62. The molecule has 3 heterocycles. The smallest absolute Gasteiger partial charge is 0.282 e. The SMILES string of the molecule is CC1(C)CN(S(=O)(=O)N2CCC(N3CCNCC3)C2)CCO1. The summed E-state index contributed by atoms with van der Waals surface area (Å²) in [4.78, 5) is 2.43. The van der Waals surface area contributed by atoms with Gasteiger partial charge in [-0.2, -0.15) is 17.0 Å². The van der Waals surface area contributed by atoms with Gasteiger partial charge in [0.25, 0.3) is 10.2 Å². The maximum absolute atomic E-state index is 12.9. The Morgan fingerprint density at radius 2 is 1.82 bits per heavy atom. The van der Waals surface area contributed by atoms with Gasteiger partial charge in [0.15, 0.2) is 0 Å². The Labute approximate surface area is 133 Å². The van der Waals surface area contributed by atoms with Crippen molar-refractivity contribution in [3.63, 3.8) is 0 Å². The average Bonchev–Trinajstić information content (AvgIpc) is 2.98. The molecule has 1 atom stereocenters. The number of hydrogen-bond acceptors (Lipinski definition) is 5. The molecule has 0 aromatic rings. The summed E-state index contributed by atoms with van der Waals surface area (Å²) in [5, 5.41) is 3.34. The molecule has 128 valence electrons. The molecule has 3 aliphatic heterocycles. The molecule has 3 saturated heterocycles. The van der Waals surface area contributed by atoms with Gasteiger partial charge in [0.1, 0.15) is 0 Å². The predicted octanol–water partition coefficient (Wildman–Crippen LogP) is -0.678. The van der Waals surface area contributed by atoms with E-state index in [0.29, 0.717) is 38.8 Å². The lowest BCUT2D eigenvalue weighted by atomic mass is 10.1. The summed E-state index contributed by atoms with van der Waals surface area (Å²) < 4.78 is 34.6. The largest absolute Gasteiger partial charge is 0.373 e. The number of ether oxygens (including phenoxy) is 1. The molecule has 22 heavy (non-hydrogen) atoms. The Kier molecular flexibility index (Phi) is 4.78. The summed E-state index contributed by atoms with van der Waals surface area (Å²) in [5.41, 5.74) is -0.400. The second-order valence-corrected chi connectivity index (χ2v) is 8.96. The number of nitrogens with zero attached hydrogens (tertiary/aromatic N) is 3. The van der Waals surface area contributed by atoms with Crippen molar-refractivity contribution in [2.45, 2.75) is 31.9 Å². The van der Waals surface area contributed by atoms with Crippen molar-refractivity contribution >= 4 is 10.2 Å². The third kappa shape index (κ3) is 3.47. The van der Waals surface area contributed by atoms with E-state index in [1.54, 1.807) is 8.61 Å². The minimum atomic E-state index is -3.36. The Balaban J connectivity index is 1.63. The lowest BCUT2D eigenvalue weighted by Crippen LogP contribution is -2.55. The third-order valence-corrected chi connectivity index (χ3v) is 6.79. The molecular formula is C14H28N4O3S. The molecule has 0 radical (unpaired) electrons. The highest BCUT2D eigenvalue weighted by molar-refractivity contribution is 7.86. The van der Waals surface area contributed by atoms with Crippen LogP contribution in [0.25, 0.3) is 0 Å². The topological polar surface area (TPSA) is 65.1 Å². The van der Waals surface area contributed by atoms with E-state index in [-0.39, 0.29) is 0 Å². The molecule has 7 nitrogen and oxygen atoms in total. The summed E-state index contributed by atoms with van der Waals surface area (Å²) in [5.74, 6) is 0. The molecule has 0 aromatic heterocycles. The molecule has 8 heteroatoms. The first-order chi connectivity index (χ1) is 10.4. The van der Waals surface area contributed by atoms with Gasteiger partial charge in [-0.15, -0.1) is 0 Å². The molecule has 1 unspecified atom stereocenters. The van der Waals surface area contributed by atoms with Crippen LogP contribution in [-0.2, 0) is 14.9 Å². The summed E-state index contributed by atoms with van der Waals surface area (Å²) in [6.07, 6.45) is 0.937. The Morgan fingerprint density at radius 1 is 1.09 bits per heavy atom. The second-order valence-electron chi connectivity index (χ2n) is 7.04. The van der Waals surface area contributed by atoms with Crippen LogP contribution in [0.15, 0.2) is 0 Å². The maximum atomic E-state index is 12.9. The highest BCUT2D eigenvalue weighted by Gasteiger charge is 2.41. The quantitative estimate of drug-likeness (QED) is 0.742. The van der Waals surface area contributed by atoms with Crippen LogP contribution >= 0.6 is 0 Å². The van der Waals surface area contributed by atoms with E-state index in [0.717, 1.165) is 32.6 Å². The molecule has 3 rings (SSSR count). The zero-order valence-corrected chi connectivity index (χ0v) is 14.4. The van der Waals surface area contributed by atoms with Crippen LogP contribution in [0.4, 0.5) is 0 Å². The van der Waals surface area contributed by atoms with Gasteiger partial charge in [0.2, 0.25) is 0 Å². The average molecular weight is 332 g/mol. The van der Waals surface area contributed by atoms with Gasteiger partial charge in [-0.1, -0.05) is 0 Å². The third-order valence-electron chi connectivity index (χ3n) is 4.84. The van der Waals surface area contributed by atoms with Crippen LogP contribution in [0.2, 0.25) is 0 Å². The van der Waals surface area contributed by atoms with E-state index in [1.807, 2.05) is 13.8 Å². The first kappa shape index (κ1) is 16.6. The number of hydrogen-bond donors (Lipinski definition) is 1. The molecule has 0 spiro atoms. The van der Waals surface area contributed by atoms with Crippen LogP contribution in [0, 0.1) is 0 Å². The van der Waals surface area contributed by atoms with Gasteiger partial charge >= 0.3 is 0 Å². The summed E-state index contributed by atoms with van der Waals surface area (Å²) in [7, 11) is -3.36. The van der Waals surface area contributed by atoms with Crippen LogP contribution in [0.3, 0.4) is 0 Å². The fourth-order valence-corrected chi connectivity index (χ4v) is 5.40. The van der Waals surface area contributed by atoms with E-state index >= 15 is 0 Å². The molecule has 3 aliphatic rings. The van der Waals surface area contributed by atoms with Crippen LogP contribution in [0.1, 0.15) is 20.3 Å². The normalized spacial score (nSPS) is 32.4. The Bertz CT molecular complexity index is 490. The van der Waals surface area contributed by atoms with Crippen molar-refractivity contribution in [3.05, 3.63) is 0 Å². The molecular weight excluding hydrogens is 304 g/mol. The molecule has 0 amide bonds. The van der Waals surface area contributed by atoms with Crippen molar-refractivity contribution in [1.82, 2.24) is 18.8 Å². The van der Waals surface area contributed by atoms with Crippen molar-refractivity contribution in [2.24, 2.45) is 0 Å². The van der Waals surface area contributed by atoms with Crippen LogP contribution in [0.5, 0.6) is 0 Å². The van der Waals surface area contributed by atoms with E-state index in [9.17, 15) is 8.42 Å². The predicted molar refractivity (Wildman–Crippen MR) is 84.9 cm³/mol. The van der Waals surface area contributed by atoms with Gasteiger partial charge in [0, 0.05) is 58.4 Å². The van der Waals surface area contributed by atoms with Crippen molar-refractivity contribution in [2.75, 3.05) is 59.0 Å².